The van der Waals surface area contributed by atoms with Crippen LogP contribution >= 0.6 is 11.3 Å². The number of hydrogen-bond acceptors (Lipinski definition) is 7. The largest absolute Gasteiger partial charge is 0.396 e. The minimum absolute atomic E-state index is 0.0467. The molecule has 3 rings (SSSR count). The van der Waals surface area contributed by atoms with E-state index in [2.05, 4.69) is 20.6 Å². The Morgan fingerprint density at radius 3 is 2.74 bits per heavy atom. The maximum Gasteiger partial charge on any atom is 0.252 e. The average molecular weight is 383 g/mol. The summed E-state index contributed by atoms with van der Waals surface area (Å²) >= 11 is 1.45. The van der Waals surface area contributed by atoms with Crippen LogP contribution in [0.1, 0.15) is 34.1 Å². The molecule has 0 bridgehead atoms. The molecule has 7 nitrogen and oxygen atoms in total. The summed E-state index contributed by atoms with van der Waals surface area (Å²) in [6, 6.07) is 12.9. The molecule has 1 unspecified atom stereocenters. The Morgan fingerprint density at radius 1 is 1.22 bits per heavy atom. The molecule has 0 aliphatic carbocycles. The predicted molar refractivity (Wildman–Crippen MR) is 106 cm³/mol. The van der Waals surface area contributed by atoms with Gasteiger partial charge in [-0.25, -0.2) is 9.97 Å². The van der Waals surface area contributed by atoms with E-state index in [1.54, 1.807) is 12.1 Å². The summed E-state index contributed by atoms with van der Waals surface area (Å²) < 4.78 is 0. The molecule has 3 aromatic rings. The number of hydrogen-bond donors (Lipinski definition) is 4. The van der Waals surface area contributed by atoms with Crippen LogP contribution in [0.15, 0.2) is 54.0 Å². The van der Waals surface area contributed by atoms with Crippen molar-refractivity contribution in [3.63, 3.8) is 0 Å². The second kappa shape index (κ2) is 9.22. The number of nitrogens with two attached hydrogens (primary N) is 1. The topological polar surface area (TPSA) is 113 Å². The molecule has 0 aliphatic heterocycles. The van der Waals surface area contributed by atoms with E-state index in [0.29, 0.717) is 29.5 Å². The number of carbonyl (C=O) groups is 1. The number of aromatic nitrogens is 2. The number of benzene rings is 1. The lowest BCUT2D eigenvalue weighted by atomic mass is 10.1. The average Bonchev–Trinajstić information content (AvgIpc) is 3.17. The zero-order valence-electron chi connectivity index (χ0n) is 14.6. The molecule has 2 heterocycles. The number of thiazole rings is 1. The fourth-order valence-corrected chi connectivity index (χ4v) is 3.17. The Balaban J connectivity index is 1.61. The highest BCUT2D eigenvalue weighted by Crippen LogP contribution is 2.25. The van der Waals surface area contributed by atoms with Gasteiger partial charge in [-0.3, -0.25) is 4.79 Å². The smallest absolute Gasteiger partial charge is 0.252 e. The molecule has 1 aromatic carbocycles. The molecule has 8 heteroatoms. The van der Waals surface area contributed by atoms with Gasteiger partial charge in [0.25, 0.3) is 5.91 Å². The van der Waals surface area contributed by atoms with Crippen molar-refractivity contribution in [3.05, 3.63) is 70.9 Å². The van der Waals surface area contributed by atoms with Gasteiger partial charge in [-0.15, -0.1) is 11.3 Å². The summed E-state index contributed by atoms with van der Waals surface area (Å²) in [6.07, 6.45) is 2.02. The Labute approximate surface area is 161 Å². The molecule has 140 valence electrons. The third-order valence-corrected chi connectivity index (χ3v) is 4.66. The van der Waals surface area contributed by atoms with E-state index in [-0.39, 0.29) is 18.6 Å². The minimum Gasteiger partial charge on any atom is -0.396 e. The van der Waals surface area contributed by atoms with Crippen LogP contribution in [0.25, 0.3) is 0 Å². The lowest BCUT2D eigenvalue weighted by molar-refractivity contribution is 0.0951. The van der Waals surface area contributed by atoms with Gasteiger partial charge < -0.3 is 21.5 Å². The van der Waals surface area contributed by atoms with Crippen LogP contribution in [0, 0.1) is 0 Å². The lowest BCUT2D eigenvalue weighted by Gasteiger charge is -2.08. The minimum atomic E-state index is -0.282. The molecule has 0 aliphatic rings. The zero-order chi connectivity index (χ0) is 19.1. The first-order valence-corrected chi connectivity index (χ1v) is 9.43. The maximum absolute atomic E-state index is 11.9. The van der Waals surface area contributed by atoms with Gasteiger partial charge in [0.1, 0.15) is 5.82 Å². The normalized spacial score (nSPS) is 11.8. The first-order valence-electron chi connectivity index (χ1n) is 8.55. The number of carbonyl (C=O) groups excluding carboxylic acids is 1. The van der Waals surface area contributed by atoms with Crippen molar-refractivity contribution >= 4 is 28.2 Å². The molecule has 2 aromatic heterocycles. The van der Waals surface area contributed by atoms with E-state index in [1.165, 1.54) is 17.5 Å². The number of anilines is 2. The standard InChI is InChI=1S/C19H21N5O2S/c20-17(13-5-2-1-3-6-13)15-12-27-19(23-15)24-16-8-7-14(11-22-16)18(26)21-9-4-10-25/h1-3,5-8,11-12,17,25H,4,9-10,20H2,(H,21,26)(H,22,23,24). The van der Waals surface area contributed by atoms with Gasteiger partial charge in [0.15, 0.2) is 5.13 Å². The number of amides is 1. The highest BCUT2D eigenvalue weighted by molar-refractivity contribution is 7.13. The molecule has 0 fully saturated rings. The molecule has 5 N–H and O–H groups in total. The summed E-state index contributed by atoms with van der Waals surface area (Å²) in [6.45, 7) is 0.476. The predicted octanol–water partition coefficient (Wildman–Crippen LogP) is 2.44. The van der Waals surface area contributed by atoms with E-state index < -0.39 is 0 Å². The molecule has 1 atom stereocenters. The second-order valence-corrected chi connectivity index (χ2v) is 6.71. The first kappa shape index (κ1) is 19.0. The number of rotatable bonds is 8. The number of pyridine rings is 1. The SMILES string of the molecule is NC(c1ccccc1)c1csc(Nc2ccc(C(=O)NCCCO)cn2)n1. The van der Waals surface area contributed by atoms with Gasteiger partial charge in [0, 0.05) is 24.7 Å². The van der Waals surface area contributed by atoms with Gasteiger partial charge in [-0.05, 0) is 24.1 Å². The molecule has 0 saturated heterocycles. The monoisotopic (exact) mass is 383 g/mol. The summed E-state index contributed by atoms with van der Waals surface area (Å²) in [7, 11) is 0. The van der Waals surface area contributed by atoms with Crippen LogP contribution < -0.4 is 16.4 Å². The van der Waals surface area contributed by atoms with E-state index in [4.69, 9.17) is 10.8 Å². The van der Waals surface area contributed by atoms with Crippen molar-refractivity contribution < 1.29 is 9.90 Å². The Hall–Kier alpha value is -2.81. The molecule has 0 spiro atoms. The number of aliphatic hydroxyl groups excluding tert-OH is 1. The molecule has 0 radical (unpaired) electrons. The Bertz CT molecular complexity index is 867. The van der Waals surface area contributed by atoms with Crippen LogP contribution in [0.3, 0.4) is 0 Å². The third kappa shape index (κ3) is 5.10. The van der Waals surface area contributed by atoms with Crippen molar-refractivity contribution in [2.45, 2.75) is 12.5 Å². The van der Waals surface area contributed by atoms with Gasteiger partial charge in [-0.2, -0.15) is 0 Å². The van der Waals surface area contributed by atoms with Crippen LogP contribution in [0.5, 0.6) is 0 Å². The van der Waals surface area contributed by atoms with Crippen molar-refractivity contribution in [3.8, 4) is 0 Å². The molecular formula is C19H21N5O2S. The second-order valence-electron chi connectivity index (χ2n) is 5.86. The highest BCUT2D eigenvalue weighted by Gasteiger charge is 2.13. The van der Waals surface area contributed by atoms with E-state index in [1.807, 2.05) is 35.7 Å². The van der Waals surface area contributed by atoms with Crippen LogP contribution in [-0.2, 0) is 0 Å². The van der Waals surface area contributed by atoms with Gasteiger partial charge in [0.05, 0.1) is 17.3 Å². The van der Waals surface area contributed by atoms with Crippen LogP contribution in [0.4, 0.5) is 10.9 Å². The Kier molecular flexibility index (Phi) is 6.48. The fourth-order valence-electron chi connectivity index (χ4n) is 2.41. The highest BCUT2D eigenvalue weighted by atomic mass is 32.1. The van der Waals surface area contributed by atoms with Gasteiger partial charge >= 0.3 is 0 Å². The van der Waals surface area contributed by atoms with Crippen LogP contribution in [-0.4, -0.2) is 34.1 Å². The van der Waals surface area contributed by atoms with Gasteiger partial charge in [-0.1, -0.05) is 30.3 Å². The van der Waals surface area contributed by atoms with Crippen molar-refractivity contribution in [2.24, 2.45) is 5.73 Å². The summed E-state index contributed by atoms with van der Waals surface area (Å²) in [5, 5.41) is 17.2. The fraction of sp³-hybridized carbons (Fsp3) is 0.211. The molecular weight excluding hydrogens is 362 g/mol. The summed E-state index contributed by atoms with van der Waals surface area (Å²) in [5.74, 6) is 0.379. The van der Waals surface area contributed by atoms with Crippen molar-refractivity contribution in [1.29, 1.82) is 0 Å². The first-order chi connectivity index (χ1) is 13.2. The van der Waals surface area contributed by atoms with E-state index in [0.717, 1.165) is 11.3 Å². The molecule has 27 heavy (non-hydrogen) atoms. The van der Waals surface area contributed by atoms with Gasteiger partial charge in [0.2, 0.25) is 0 Å². The number of aliphatic hydroxyl groups is 1. The quantitative estimate of drug-likeness (QED) is 0.444. The van der Waals surface area contributed by atoms with Crippen LogP contribution in [0.2, 0.25) is 0 Å². The number of nitrogens with zero attached hydrogens (tertiary/aromatic N) is 2. The summed E-state index contributed by atoms with van der Waals surface area (Å²) in [4.78, 5) is 20.7. The molecule has 1 amide bonds. The van der Waals surface area contributed by atoms with Crippen molar-refractivity contribution in [1.82, 2.24) is 15.3 Å². The maximum atomic E-state index is 11.9. The number of nitrogens with one attached hydrogen (secondary N) is 2. The lowest BCUT2D eigenvalue weighted by Crippen LogP contribution is -2.25. The summed E-state index contributed by atoms with van der Waals surface area (Å²) in [5.41, 5.74) is 8.52. The van der Waals surface area contributed by atoms with Crippen molar-refractivity contribution in [2.75, 3.05) is 18.5 Å². The molecule has 0 saturated carbocycles. The zero-order valence-corrected chi connectivity index (χ0v) is 15.4. The third-order valence-electron chi connectivity index (χ3n) is 3.88. The van der Waals surface area contributed by atoms with E-state index in [9.17, 15) is 4.79 Å². The Morgan fingerprint density at radius 2 is 2.04 bits per heavy atom. The van der Waals surface area contributed by atoms with E-state index >= 15 is 0 Å².